The summed E-state index contributed by atoms with van der Waals surface area (Å²) in [6.45, 7) is 1.05. The maximum Gasteiger partial charge on any atom is 0.303 e. The summed E-state index contributed by atoms with van der Waals surface area (Å²) in [4.78, 5) is 12.3. The van der Waals surface area contributed by atoms with Crippen molar-refractivity contribution in [2.75, 3.05) is 31.2 Å². The summed E-state index contributed by atoms with van der Waals surface area (Å²) < 4.78 is 0. The molecule has 0 aromatic heterocycles. The summed E-state index contributed by atoms with van der Waals surface area (Å²) in [7, 11) is 0. The van der Waals surface area contributed by atoms with E-state index in [0.29, 0.717) is 19.5 Å². The van der Waals surface area contributed by atoms with Crippen LogP contribution in [0.1, 0.15) is 18.4 Å². The second-order valence-corrected chi connectivity index (χ2v) is 4.35. The summed E-state index contributed by atoms with van der Waals surface area (Å²) >= 11 is 0. The number of aliphatic carboxylic acids is 1. The van der Waals surface area contributed by atoms with Crippen LogP contribution >= 0.6 is 0 Å². The zero-order valence-electron chi connectivity index (χ0n) is 11.0. The van der Waals surface area contributed by atoms with E-state index in [1.54, 1.807) is 0 Å². The number of carboxylic acids is 1. The average Bonchev–Trinajstić information content (AvgIpc) is 2.39. The molecule has 0 bridgehead atoms. The lowest BCUT2D eigenvalue weighted by atomic mass is 10.1. The molecule has 0 saturated heterocycles. The molecule has 0 fully saturated rings. The standard InChI is InChI=1S/C14H21NO4/c16-10-8-15(9-11-17)13-6-4-12(5-7-13)2-1-3-14(18)19/h4-7,16-17H,1-3,8-11H2,(H,18,19). The molecule has 0 atom stereocenters. The van der Waals surface area contributed by atoms with Crippen LogP contribution in [0, 0.1) is 0 Å². The molecule has 1 rings (SSSR count). The molecule has 0 amide bonds. The van der Waals surface area contributed by atoms with Crippen molar-refractivity contribution < 1.29 is 20.1 Å². The molecule has 0 aliphatic carbocycles. The van der Waals surface area contributed by atoms with Gasteiger partial charge in [-0.05, 0) is 30.5 Å². The van der Waals surface area contributed by atoms with Crippen LogP contribution in [0.4, 0.5) is 5.69 Å². The lowest BCUT2D eigenvalue weighted by Crippen LogP contribution is -2.29. The first-order valence-corrected chi connectivity index (χ1v) is 6.44. The normalized spacial score (nSPS) is 10.4. The van der Waals surface area contributed by atoms with E-state index in [1.807, 2.05) is 29.2 Å². The fourth-order valence-electron chi connectivity index (χ4n) is 1.93. The molecule has 5 heteroatoms. The van der Waals surface area contributed by atoms with Gasteiger partial charge in [-0.25, -0.2) is 0 Å². The summed E-state index contributed by atoms with van der Waals surface area (Å²) in [5, 5.41) is 26.5. The lowest BCUT2D eigenvalue weighted by Gasteiger charge is -2.23. The van der Waals surface area contributed by atoms with Crippen molar-refractivity contribution in [2.45, 2.75) is 19.3 Å². The Balaban J connectivity index is 2.55. The van der Waals surface area contributed by atoms with Gasteiger partial charge < -0.3 is 20.2 Å². The van der Waals surface area contributed by atoms with Crippen molar-refractivity contribution in [3.05, 3.63) is 29.8 Å². The first-order chi connectivity index (χ1) is 9.17. The van der Waals surface area contributed by atoms with Crippen LogP contribution in [-0.2, 0) is 11.2 Å². The number of nitrogens with zero attached hydrogens (tertiary/aromatic N) is 1. The number of carboxylic acid groups (broad SMARTS) is 1. The lowest BCUT2D eigenvalue weighted by molar-refractivity contribution is -0.137. The first kappa shape index (κ1) is 15.5. The number of anilines is 1. The Bertz CT molecular complexity index is 372. The van der Waals surface area contributed by atoms with Crippen LogP contribution in [0.25, 0.3) is 0 Å². The van der Waals surface area contributed by atoms with Crippen LogP contribution in [-0.4, -0.2) is 47.6 Å². The van der Waals surface area contributed by atoms with Crippen LogP contribution in [0.15, 0.2) is 24.3 Å². The Morgan fingerprint density at radius 2 is 1.63 bits per heavy atom. The van der Waals surface area contributed by atoms with Crippen molar-refractivity contribution in [3.63, 3.8) is 0 Å². The minimum absolute atomic E-state index is 0.0420. The second-order valence-electron chi connectivity index (χ2n) is 4.35. The largest absolute Gasteiger partial charge is 0.481 e. The Morgan fingerprint density at radius 1 is 1.05 bits per heavy atom. The van der Waals surface area contributed by atoms with E-state index < -0.39 is 5.97 Å². The van der Waals surface area contributed by atoms with Gasteiger partial charge in [0.1, 0.15) is 0 Å². The molecule has 0 radical (unpaired) electrons. The molecule has 0 saturated carbocycles. The van der Waals surface area contributed by atoms with Crippen LogP contribution < -0.4 is 4.90 Å². The van der Waals surface area contributed by atoms with Crippen LogP contribution in [0.3, 0.4) is 0 Å². The zero-order valence-corrected chi connectivity index (χ0v) is 11.0. The number of aliphatic hydroxyl groups excluding tert-OH is 2. The third-order valence-corrected chi connectivity index (χ3v) is 2.90. The van der Waals surface area contributed by atoms with Crippen LogP contribution in [0.5, 0.6) is 0 Å². The molecule has 0 spiro atoms. The molecule has 0 heterocycles. The Kier molecular flexibility index (Phi) is 6.92. The molecule has 0 aliphatic heterocycles. The molecule has 106 valence electrons. The van der Waals surface area contributed by atoms with E-state index in [4.69, 9.17) is 15.3 Å². The number of hydrogen-bond donors (Lipinski definition) is 3. The third-order valence-electron chi connectivity index (χ3n) is 2.90. The first-order valence-electron chi connectivity index (χ1n) is 6.44. The van der Waals surface area contributed by atoms with Gasteiger partial charge in [-0.1, -0.05) is 12.1 Å². The second kappa shape index (κ2) is 8.50. The van der Waals surface area contributed by atoms with Crippen molar-refractivity contribution >= 4 is 11.7 Å². The number of carbonyl (C=O) groups is 1. The number of rotatable bonds is 9. The topological polar surface area (TPSA) is 81.0 Å². The Labute approximate surface area is 113 Å². The molecular weight excluding hydrogens is 246 g/mol. The minimum Gasteiger partial charge on any atom is -0.481 e. The molecule has 5 nitrogen and oxygen atoms in total. The van der Waals surface area contributed by atoms with Crippen molar-refractivity contribution in [1.29, 1.82) is 0 Å². The van der Waals surface area contributed by atoms with E-state index >= 15 is 0 Å². The number of benzene rings is 1. The average molecular weight is 267 g/mol. The van der Waals surface area contributed by atoms with Gasteiger partial charge in [0, 0.05) is 25.2 Å². The van der Waals surface area contributed by atoms with Gasteiger partial charge in [-0.3, -0.25) is 4.79 Å². The van der Waals surface area contributed by atoms with Crippen LogP contribution in [0.2, 0.25) is 0 Å². The summed E-state index contributed by atoms with van der Waals surface area (Å²) in [5.74, 6) is -0.770. The van der Waals surface area contributed by atoms with Crippen molar-refractivity contribution in [1.82, 2.24) is 0 Å². The van der Waals surface area contributed by atoms with E-state index in [1.165, 1.54) is 0 Å². The highest BCUT2D eigenvalue weighted by atomic mass is 16.4. The molecule has 0 unspecified atom stereocenters. The highest BCUT2D eigenvalue weighted by Gasteiger charge is 2.05. The van der Waals surface area contributed by atoms with Gasteiger partial charge in [0.15, 0.2) is 0 Å². The van der Waals surface area contributed by atoms with Gasteiger partial charge in [-0.2, -0.15) is 0 Å². The predicted octanol–water partition coefficient (Wildman–Crippen LogP) is 0.885. The number of aryl methyl sites for hydroxylation is 1. The highest BCUT2D eigenvalue weighted by molar-refractivity contribution is 5.66. The maximum atomic E-state index is 10.4. The fourth-order valence-corrected chi connectivity index (χ4v) is 1.93. The van der Waals surface area contributed by atoms with Gasteiger partial charge in [0.25, 0.3) is 0 Å². The van der Waals surface area contributed by atoms with Crippen molar-refractivity contribution in [3.8, 4) is 0 Å². The van der Waals surface area contributed by atoms with Gasteiger partial charge in [0.05, 0.1) is 13.2 Å². The molecule has 1 aromatic rings. The highest BCUT2D eigenvalue weighted by Crippen LogP contribution is 2.16. The Hall–Kier alpha value is -1.59. The number of hydrogen-bond acceptors (Lipinski definition) is 4. The number of aliphatic hydroxyl groups is 2. The Morgan fingerprint density at radius 3 is 2.11 bits per heavy atom. The molecule has 19 heavy (non-hydrogen) atoms. The zero-order chi connectivity index (χ0) is 14.1. The SMILES string of the molecule is O=C(O)CCCc1ccc(N(CCO)CCO)cc1. The predicted molar refractivity (Wildman–Crippen MR) is 73.4 cm³/mol. The van der Waals surface area contributed by atoms with Crippen molar-refractivity contribution in [2.24, 2.45) is 0 Å². The summed E-state index contributed by atoms with van der Waals surface area (Å²) in [5.41, 5.74) is 2.04. The molecular formula is C14H21NO4. The van der Waals surface area contributed by atoms with Gasteiger partial charge in [-0.15, -0.1) is 0 Å². The fraction of sp³-hybridized carbons (Fsp3) is 0.500. The van der Waals surface area contributed by atoms with E-state index in [-0.39, 0.29) is 19.6 Å². The molecule has 1 aromatic carbocycles. The van der Waals surface area contributed by atoms with Gasteiger partial charge >= 0.3 is 5.97 Å². The quantitative estimate of drug-likeness (QED) is 0.619. The maximum absolute atomic E-state index is 10.4. The third kappa shape index (κ3) is 5.72. The molecule has 3 N–H and O–H groups in total. The summed E-state index contributed by atoms with van der Waals surface area (Å²) in [6, 6.07) is 7.78. The van der Waals surface area contributed by atoms with E-state index in [0.717, 1.165) is 17.7 Å². The van der Waals surface area contributed by atoms with E-state index in [2.05, 4.69) is 0 Å². The van der Waals surface area contributed by atoms with Gasteiger partial charge in [0.2, 0.25) is 0 Å². The summed E-state index contributed by atoms with van der Waals surface area (Å²) in [6.07, 6.45) is 1.56. The van der Waals surface area contributed by atoms with E-state index in [9.17, 15) is 4.79 Å². The smallest absolute Gasteiger partial charge is 0.303 e. The monoisotopic (exact) mass is 267 g/mol. The minimum atomic E-state index is -0.770. The molecule has 0 aliphatic rings.